The summed E-state index contributed by atoms with van der Waals surface area (Å²) < 4.78 is 0. The molecule has 0 spiro atoms. The summed E-state index contributed by atoms with van der Waals surface area (Å²) in [5, 5.41) is 3.73. The van der Waals surface area contributed by atoms with Crippen molar-refractivity contribution in [3.63, 3.8) is 0 Å². The molecular formula is C15H30N2. The first-order valence-corrected chi connectivity index (χ1v) is 7.84. The number of nitrogens with one attached hydrogen (secondary N) is 1. The molecule has 2 aliphatic rings. The van der Waals surface area contributed by atoms with Crippen molar-refractivity contribution in [3.05, 3.63) is 0 Å². The maximum absolute atomic E-state index is 3.73. The van der Waals surface area contributed by atoms with Crippen LogP contribution in [0.4, 0.5) is 0 Å². The Kier molecular flexibility index (Phi) is 5.30. The van der Waals surface area contributed by atoms with Gasteiger partial charge in [0.15, 0.2) is 0 Å². The number of likely N-dealkylation sites (tertiary alicyclic amines) is 1. The lowest BCUT2D eigenvalue weighted by atomic mass is 9.95. The van der Waals surface area contributed by atoms with E-state index in [1.54, 1.807) is 0 Å². The van der Waals surface area contributed by atoms with Gasteiger partial charge in [-0.25, -0.2) is 0 Å². The Balaban J connectivity index is 1.84. The van der Waals surface area contributed by atoms with Crippen LogP contribution in [0.5, 0.6) is 0 Å². The summed E-state index contributed by atoms with van der Waals surface area (Å²) in [6.07, 6.45) is 11.2. The summed E-state index contributed by atoms with van der Waals surface area (Å²) in [6.45, 7) is 7.25. The Morgan fingerprint density at radius 2 is 2.00 bits per heavy atom. The van der Waals surface area contributed by atoms with Crippen molar-refractivity contribution in [1.82, 2.24) is 10.2 Å². The zero-order valence-corrected chi connectivity index (χ0v) is 11.8. The first-order valence-electron chi connectivity index (χ1n) is 7.84. The number of rotatable bonds is 7. The van der Waals surface area contributed by atoms with E-state index in [0.29, 0.717) is 0 Å². The molecule has 2 unspecified atom stereocenters. The quantitative estimate of drug-likeness (QED) is 0.733. The number of nitrogens with zero attached hydrogens (tertiary/aromatic N) is 1. The normalized spacial score (nSPS) is 28.2. The van der Waals surface area contributed by atoms with Crippen molar-refractivity contribution in [1.29, 1.82) is 0 Å². The van der Waals surface area contributed by atoms with E-state index in [-0.39, 0.29) is 0 Å². The Morgan fingerprint density at radius 3 is 2.65 bits per heavy atom. The molecule has 17 heavy (non-hydrogen) atoms. The Bertz CT molecular complexity index is 211. The second-order valence-electron chi connectivity index (χ2n) is 5.92. The molecule has 2 atom stereocenters. The van der Waals surface area contributed by atoms with Crippen LogP contribution in [0.1, 0.15) is 65.2 Å². The summed E-state index contributed by atoms with van der Waals surface area (Å²) >= 11 is 0. The standard InChI is InChI=1S/C15H30N2/c1-3-7-15-8-5-6-11-17(15)14(4-2)12-16-13-9-10-13/h13-16H,3-12H2,1-2H3. The van der Waals surface area contributed by atoms with E-state index < -0.39 is 0 Å². The molecule has 1 saturated heterocycles. The van der Waals surface area contributed by atoms with Gasteiger partial charge >= 0.3 is 0 Å². The molecule has 1 aliphatic heterocycles. The highest BCUT2D eigenvalue weighted by Crippen LogP contribution is 2.25. The highest BCUT2D eigenvalue weighted by Gasteiger charge is 2.29. The highest BCUT2D eigenvalue weighted by atomic mass is 15.2. The zero-order valence-electron chi connectivity index (χ0n) is 11.8. The van der Waals surface area contributed by atoms with Gasteiger partial charge in [0.2, 0.25) is 0 Å². The second kappa shape index (κ2) is 6.75. The van der Waals surface area contributed by atoms with Gasteiger partial charge < -0.3 is 5.32 Å². The molecule has 0 bridgehead atoms. The van der Waals surface area contributed by atoms with Gasteiger partial charge in [0.05, 0.1) is 0 Å². The minimum absolute atomic E-state index is 0.785. The zero-order chi connectivity index (χ0) is 12.1. The Morgan fingerprint density at radius 1 is 1.18 bits per heavy atom. The van der Waals surface area contributed by atoms with Crippen LogP contribution in [-0.2, 0) is 0 Å². The third kappa shape index (κ3) is 3.96. The predicted molar refractivity (Wildman–Crippen MR) is 74.4 cm³/mol. The summed E-state index contributed by atoms with van der Waals surface area (Å²) in [7, 11) is 0. The smallest absolute Gasteiger partial charge is 0.0221 e. The molecular weight excluding hydrogens is 208 g/mol. The van der Waals surface area contributed by atoms with Crippen LogP contribution in [0.3, 0.4) is 0 Å². The van der Waals surface area contributed by atoms with Gasteiger partial charge in [0.1, 0.15) is 0 Å². The summed E-state index contributed by atoms with van der Waals surface area (Å²) in [4.78, 5) is 2.82. The lowest BCUT2D eigenvalue weighted by Gasteiger charge is -2.41. The van der Waals surface area contributed by atoms with Crippen molar-refractivity contribution < 1.29 is 0 Å². The van der Waals surface area contributed by atoms with Crippen molar-refractivity contribution >= 4 is 0 Å². The van der Waals surface area contributed by atoms with Crippen molar-refractivity contribution in [2.24, 2.45) is 0 Å². The molecule has 1 heterocycles. The summed E-state index contributed by atoms with van der Waals surface area (Å²) in [6, 6.07) is 2.52. The molecule has 1 N–H and O–H groups in total. The summed E-state index contributed by atoms with van der Waals surface area (Å²) in [5.41, 5.74) is 0. The Hall–Kier alpha value is -0.0800. The van der Waals surface area contributed by atoms with E-state index in [2.05, 4.69) is 24.1 Å². The molecule has 0 aromatic heterocycles. The first-order chi connectivity index (χ1) is 8.35. The van der Waals surface area contributed by atoms with Gasteiger partial charge in [0, 0.05) is 24.7 Å². The van der Waals surface area contributed by atoms with Gasteiger partial charge in [-0.1, -0.05) is 26.7 Å². The Labute approximate surface area is 107 Å². The van der Waals surface area contributed by atoms with Crippen molar-refractivity contribution in [3.8, 4) is 0 Å². The fraction of sp³-hybridized carbons (Fsp3) is 1.00. The lowest BCUT2D eigenvalue weighted by Crippen LogP contribution is -2.50. The molecule has 0 aromatic rings. The van der Waals surface area contributed by atoms with Crippen molar-refractivity contribution in [2.45, 2.75) is 83.3 Å². The minimum Gasteiger partial charge on any atom is -0.312 e. The van der Waals surface area contributed by atoms with Gasteiger partial charge in [-0.15, -0.1) is 0 Å². The van der Waals surface area contributed by atoms with E-state index >= 15 is 0 Å². The third-order valence-corrected chi connectivity index (χ3v) is 4.45. The summed E-state index contributed by atoms with van der Waals surface area (Å²) in [5.74, 6) is 0. The number of piperidine rings is 1. The van der Waals surface area contributed by atoms with Crippen LogP contribution in [0.2, 0.25) is 0 Å². The van der Waals surface area contributed by atoms with Crippen LogP contribution < -0.4 is 5.32 Å². The van der Waals surface area contributed by atoms with E-state index in [0.717, 1.165) is 18.1 Å². The molecule has 100 valence electrons. The second-order valence-corrected chi connectivity index (χ2v) is 5.92. The molecule has 1 aliphatic carbocycles. The van der Waals surface area contributed by atoms with Crippen LogP contribution in [0.25, 0.3) is 0 Å². The largest absolute Gasteiger partial charge is 0.312 e. The predicted octanol–water partition coefficient (Wildman–Crippen LogP) is 3.17. The average Bonchev–Trinajstić information content (AvgIpc) is 3.16. The lowest BCUT2D eigenvalue weighted by molar-refractivity contribution is 0.0846. The SMILES string of the molecule is CCCC1CCCCN1C(CC)CNC1CC1. The molecule has 2 rings (SSSR count). The first kappa shape index (κ1) is 13.4. The van der Waals surface area contributed by atoms with Gasteiger partial charge in [-0.05, 0) is 45.1 Å². The number of hydrogen-bond acceptors (Lipinski definition) is 2. The third-order valence-electron chi connectivity index (χ3n) is 4.45. The molecule has 0 aromatic carbocycles. The van der Waals surface area contributed by atoms with Crippen LogP contribution in [0.15, 0.2) is 0 Å². The van der Waals surface area contributed by atoms with Crippen LogP contribution >= 0.6 is 0 Å². The van der Waals surface area contributed by atoms with Gasteiger partial charge in [-0.2, -0.15) is 0 Å². The van der Waals surface area contributed by atoms with Gasteiger partial charge in [0.25, 0.3) is 0 Å². The maximum atomic E-state index is 3.73. The van der Waals surface area contributed by atoms with Crippen LogP contribution in [-0.4, -0.2) is 36.1 Å². The molecule has 2 nitrogen and oxygen atoms in total. The van der Waals surface area contributed by atoms with E-state index in [4.69, 9.17) is 0 Å². The molecule has 2 fully saturated rings. The van der Waals surface area contributed by atoms with E-state index in [1.807, 2.05) is 0 Å². The average molecular weight is 238 g/mol. The fourth-order valence-corrected chi connectivity index (χ4v) is 3.23. The minimum atomic E-state index is 0.785. The van der Waals surface area contributed by atoms with E-state index in [1.165, 1.54) is 64.5 Å². The van der Waals surface area contributed by atoms with E-state index in [9.17, 15) is 0 Å². The fourth-order valence-electron chi connectivity index (χ4n) is 3.23. The molecule has 1 saturated carbocycles. The monoisotopic (exact) mass is 238 g/mol. The molecule has 0 amide bonds. The van der Waals surface area contributed by atoms with Crippen molar-refractivity contribution in [2.75, 3.05) is 13.1 Å². The molecule has 0 radical (unpaired) electrons. The van der Waals surface area contributed by atoms with Gasteiger partial charge in [-0.3, -0.25) is 4.90 Å². The van der Waals surface area contributed by atoms with Crippen LogP contribution in [0, 0.1) is 0 Å². The number of hydrogen-bond donors (Lipinski definition) is 1. The molecule has 2 heteroatoms. The maximum Gasteiger partial charge on any atom is 0.0221 e. The topological polar surface area (TPSA) is 15.3 Å². The highest BCUT2D eigenvalue weighted by molar-refractivity contribution is 4.87.